The van der Waals surface area contributed by atoms with Crippen LogP contribution in [0, 0.1) is 11.6 Å². The summed E-state index contributed by atoms with van der Waals surface area (Å²) in [6.45, 7) is 1.82. The van der Waals surface area contributed by atoms with Crippen molar-refractivity contribution < 1.29 is 84.2 Å². The SMILES string of the molecule is C.C[C@@H](c1ccc(-c2ccc(C(=O)O)c(F)c2)cc1Cl)[C@](O)(c1ccc2c(c1)N(C)C(=O)CO2)C(F)(F)F.C[C@H](c1ccc(-c2ccc(C(=O)O)c(F)c2)cc1Cl)[C@@](O)(c1ccc2c(c1)N(C)C(=O)CO2)C(F)(F)F. The average molecular weight is 1090 g/mol. The third-order valence-electron chi connectivity index (χ3n) is 13.1. The normalized spacial score (nSPS) is 15.8. The van der Waals surface area contributed by atoms with Gasteiger partial charge in [0, 0.05) is 36.0 Å². The number of anilines is 2. The Morgan fingerprint density at radius 2 is 0.867 bits per heavy atom. The molecule has 4 atom stereocenters. The van der Waals surface area contributed by atoms with Gasteiger partial charge >= 0.3 is 24.3 Å². The van der Waals surface area contributed by atoms with Crippen molar-refractivity contribution in [2.24, 2.45) is 0 Å². The summed E-state index contributed by atoms with van der Waals surface area (Å²) in [6.07, 6.45) is -10.3. The van der Waals surface area contributed by atoms with E-state index in [2.05, 4.69) is 0 Å². The molecule has 0 saturated carbocycles. The second-order valence-corrected chi connectivity index (χ2v) is 18.1. The Hall–Kier alpha value is -7.26. The summed E-state index contributed by atoms with van der Waals surface area (Å²) in [5.74, 6) is -8.58. The van der Waals surface area contributed by atoms with Crippen molar-refractivity contribution in [3.8, 4) is 33.8 Å². The third kappa shape index (κ3) is 10.6. The van der Waals surface area contributed by atoms with Crippen LogP contribution in [0.25, 0.3) is 22.3 Å². The van der Waals surface area contributed by atoms with Crippen LogP contribution < -0.4 is 19.3 Å². The van der Waals surface area contributed by atoms with E-state index in [0.29, 0.717) is 11.1 Å². The Balaban J connectivity index is 0.000000241. The van der Waals surface area contributed by atoms with Gasteiger partial charge in [-0.2, -0.15) is 26.3 Å². The molecule has 2 amide bonds. The Morgan fingerprint density at radius 3 is 1.16 bits per heavy atom. The Labute approximate surface area is 432 Å². The largest absolute Gasteiger partial charge is 0.482 e. The smallest absolute Gasteiger partial charge is 0.422 e. The summed E-state index contributed by atoms with van der Waals surface area (Å²) in [4.78, 5) is 48.4. The average Bonchev–Trinajstić information content (AvgIpc) is 3.34. The molecule has 2 heterocycles. The predicted molar refractivity (Wildman–Crippen MR) is 262 cm³/mol. The molecule has 6 aromatic rings. The summed E-state index contributed by atoms with van der Waals surface area (Å²) in [5.41, 5.74) is -7.60. The van der Waals surface area contributed by atoms with Gasteiger partial charge < -0.3 is 39.7 Å². The molecular weight excluding hydrogens is 1050 g/mol. The number of carbonyl (C=O) groups excluding carboxylic acids is 2. The van der Waals surface area contributed by atoms with Crippen molar-refractivity contribution in [1.82, 2.24) is 0 Å². The van der Waals surface area contributed by atoms with Gasteiger partial charge in [-0.15, -0.1) is 0 Å². The van der Waals surface area contributed by atoms with Crippen LogP contribution in [-0.2, 0) is 20.8 Å². The molecule has 2 aliphatic heterocycles. The topological polar surface area (TPSA) is 174 Å². The first kappa shape index (κ1) is 57.0. The highest BCUT2D eigenvalue weighted by atomic mass is 35.5. The van der Waals surface area contributed by atoms with E-state index >= 15 is 0 Å². The lowest BCUT2D eigenvalue weighted by atomic mass is 9.77. The fourth-order valence-corrected chi connectivity index (χ4v) is 9.33. The Morgan fingerprint density at radius 1 is 0.547 bits per heavy atom. The van der Waals surface area contributed by atoms with Gasteiger partial charge in [0.05, 0.1) is 22.5 Å². The van der Waals surface area contributed by atoms with E-state index in [1.807, 2.05) is 0 Å². The van der Waals surface area contributed by atoms with Crippen LogP contribution in [0.15, 0.2) is 109 Å². The molecule has 8 rings (SSSR count). The molecule has 2 aliphatic rings. The van der Waals surface area contributed by atoms with Gasteiger partial charge in [0.2, 0.25) is 0 Å². The molecule has 0 aliphatic carbocycles. The van der Waals surface area contributed by atoms with E-state index in [1.54, 1.807) is 0 Å². The van der Waals surface area contributed by atoms with Crippen molar-refractivity contribution in [1.29, 1.82) is 0 Å². The minimum atomic E-state index is -5.14. The van der Waals surface area contributed by atoms with E-state index in [0.717, 1.165) is 58.3 Å². The van der Waals surface area contributed by atoms with Crippen LogP contribution in [0.4, 0.5) is 46.5 Å². The van der Waals surface area contributed by atoms with Crippen molar-refractivity contribution in [3.05, 3.63) is 164 Å². The van der Waals surface area contributed by atoms with Crippen LogP contribution in [0.1, 0.15) is 76.1 Å². The van der Waals surface area contributed by atoms with Crippen molar-refractivity contribution in [3.63, 3.8) is 0 Å². The number of ether oxygens (including phenoxy) is 2. The number of aromatic carboxylic acids is 2. The van der Waals surface area contributed by atoms with Crippen LogP contribution in [-0.4, -0.2) is 83.8 Å². The van der Waals surface area contributed by atoms with E-state index in [9.17, 15) is 64.5 Å². The summed E-state index contributed by atoms with van der Waals surface area (Å²) in [7, 11) is 2.79. The minimum absolute atomic E-state index is 0. The maximum Gasteiger partial charge on any atom is 0.422 e. The number of benzene rings is 6. The highest BCUT2D eigenvalue weighted by molar-refractivity contribution is 6.32. The minimum Gasteiger partial charge on any atom is -0.482 e. The molecule has 0 unspecified atom stereocenters. The van der Waals surface area contributed by atoms with Crippen LogP contribution in [0.2, 0.25) is 10.0 Å². The molecule has 22 heteroatoms. The lowest BCUT2D eigenvalue weighted by Crippen LogP contribution is -2.47. The third-order valence-corrected chi connectivity index (χ3v) is 13.7. The number of hydrogen-bond donors (Lipinski definition) is 4. The Kier molecular flexibility index (Phi) is 16.1. The van der Waals surface area contributed by atoms with Gasteiger partial charge in [0.1, 0.15) is 23.1 Å². The van der Waals surface area contributed by atoms with E-state index in [-0.39, 0.29) is 75.8 Å². The lowest BCUT2D eigenvalue weighted by molar-refractivity contribution is -0.274. The quantitative estimate of drug-likeness (QED) is 0.0967. The first-order chi connectivity index (χ1) is 34.5. The zero-order chi connectivity index (χ0) is 54.6. The number of carbonyl (C=O) groups is 4. The van der Waals surface area contributed by atoms with E-state index < -0.39 is 93.0 Å². The summed E-state index contributed by atoms with van der Waals surface area (Å²) in [6, 6.07) is 21.6. The molecule has 4 N–H and O–H groups in total. The number of fused-ring (bicyclic) bond motifs is 2. The number of nitrogens with zero attached hydrogens (tertiary/aromatic N) is 2. The second-order valence-electron chi connectivity index (χ2n) is 17.3. The monoisotopic (exact) mass is 1090 g/mol. The van der Waals surface area contributed by atoms with Gasteiger partial charge in [-0.05, 0) is 105 Å². The van der Waals surface area contributed by atoms with Crippen molar-refractivity contribution in [2.45, 2.75) is 56.7 Å². The number of aliphatic hydroxyl groups is 2. The van der Waals surface area contributed by atoms with Gasteiger partial charge in [-0.1, -0.05) is 93.0 Å². The van der Waals surface area contributed by atoms with E-state index in [1.165, 1.54) is 88.6 Å². The summed E-state index contributed by atoms with van der Waals surface area (Å²) in [5, 5.41) is 40.1. The summed E-state index contributed by atoms with van der Waals surface area (Å²) >= 11 is 12.7. The first-order valence-electron chi connectivity index (χ1n) is 21.8. The lowest BCUT2D eigenvalue weighted by Gasteiger charge is -2.38. The number of alkyl halides is 6. The fourth-order valence-electron chi connectivity index (χ4n) is 8.64. The molecule has 0 bridgehead atoms. The van der Waals surface area contributed by atoms with Crippen LogP contribution in [0.3, 0.4) is 0 Å². The fraction of sp³-hybridized carbons (Fsp3) is 0.245. The van der Waals surface area contributed by atoms with Crippen molar-refractivity contribution in [2.75, 3.05) is 37.1 Å². The number of carboxylic acid groups (broad SMARTS) is 2. The molecular formula is C53H44Cl2F8N2O10. The number of likely N-dealkylation sites (N-methyl/N-ethyl adjacent to an activating group) is 2. The van der Waals surface area contributed by atoms with Crippen LogP contribution >= 0.6 is 23.2 Å². The molecule has 396 valence electrons. The highest BCUT2D eigenvalue weighted by Crippen LogP contribution is 2.53. The first-order valence-corrected chi connectivity index (χ1v) is 22.6. The van der Waals surface area contributed by atoms with Gasteiger partial charge in [0.25, 0.3) is 11.8 Å². The number of amides is 2. The number of hydrogen-bond acceptors (Lipinski definition) is 8. The highest BCUT2D eigenvalue weighted by Gasteiger charge is 2.60. The molecule has 12 nitrogen and oxygen atoms in total. The predicted octanol–water partition coefficient (Wildman–Crippen LogP) is 12.1. The standard InChI is InChI=1S/2C26H20ClF4NO5.CH4/c2*1-13(17-6-3-14(9-19(17)27)15-4-7-18(24(34)35)20(28)10-15)25(36,26(29,30)31)16-5-8-22-21(11-16)32(2)23(33)12-37-22;/h2*3-11,13,36H,12H2,1-2H3,(H,34,35);1H4/t2*13-,25-;/m10./s1. The summed E-state index contributed by atoms with van der Waals surface area (Å²) < 4.78 is 126. The van der Waals surface area contributed by atoms with E-state index in [4.69, 9.17) is 42.9 Å². The maximum atomic E-state index is 14.5. The van der Waals surface area contributed by atoms with Gasteiger partial charge in [-0.3, -0.25) is 9.59 Å². The zero-order valence-corrected chi connectivity index (χ0v) is 40.4. The number of carboxylic acids is 2. The maximum absolute atomic E-state index is 14.5. The second kappa shape index (κ2) is 21.2. The molecule has 0 fully saturated rings. The Bertz CT molecular complexity index is 3030. The van der Waals surface area contributed by atoms with Gasteiger partial charge in [0.15, 0.2) is 24.4 Å². The van der Waals surface area contributed by atoms with Crippen LogP contribution in [0.5, 0.6) is 11.5 Å². The molecule has 6 aromatic carbocycles. The molecule has 0 saturated heterocycles. The number of rotatable bonds is 10. The zero-order valence-electron chi connectivity index (χ0n) is 38.9. The molecule has 0 aromatic heterocycles. The molecule has 75 heavy (non-hydrogen) atoms. The molecule has 0 spiro atoms. The number of halogens is 10. The molecule has 0 radical (unpaired) electrons. The van der Waals surface area contributed by atoms with Gasteiger partial charge in [-0.25, -0.2) is 18.4 Å². The van der Waals surface area contributed by atoms with Crippen molar-refractivity contribution >= 4 is 58.3 Å².